The largest absolute Gasteiger partial charge is 0.481 e. The van der Waals surface area contributed by atoms with Gasteiger partial charge in [0.05, 0.1) is 32.3 Å². The molecule has 142 valence electrons. The van der Waals surface area contributed by atoms with Crippen molar-refractivity contribution in [3.8, 4) is 5.88 Å². The predicted molar refractivity (Wildman–Crippen MR) is 100 cm³/mol. The average Bonchev–Trinajstić information content (AvgIpc) is 3.04. The molecule has 0 saturated carbocycles. The second kappa shape index (κ2) is 7.40. The zero-order valence-electron chi connectivity index (χ0n) is 15.2. The zero-order chi connectivity index (χ0) is 18.8. The molecule has 2 atom stereocenters. The molecular formula is C19H23N5O3. The highest BCUT2D eigenvalue weighted by atomic mass is 16.5. The van der Waals surface area contributed by atoms with Crippen LogP contribution in [0, 0.1) is 0 Å². The van der Waals surface area contributed by atoms with E-state index in [-0.39, 0.29) is 24.0 Å². The van der Waals surface area contributed by atoms with E-state index in [1.807, 2.05) is 35.2 Å². The first kappa shape index (κ1) is 17.5. The third-order valence-electron chi connectivity index (χ3n) is 5.04. The van der Waals surface area contributed by atoms with Crippen LogP contribution < -0.4 is 15.4 Å². The van der Waals surface area contributed by atoms with Crippen LogP contribution in [0.2, 0.25) is 0 Å². The minimum absolute atomic E-state index is 0.0395. The smallest absolute Gasteiger partial charge is 0.225 e. The second-order valence-corrected chi connectivity index (χ2v) is 6.77. The van der Waals surface area contributed by atoms with Crippen molar-refractivity contribution in [2.24, 2.45) is 0 Å². The Labute approximate surface area is 157 Å². The van der Waals surface area contributed by atoms with Crippen LogP contribution in [0.5, 0.6) is 5.88 Å². The van der Waals surface area contributed by atoms with E-state index in [1.54, 1.807) is 13.2 Å². The number of carbonyl (C=O) groups is 1. The van der Waals surface area contributed by atoms with Crippen molar-refractivity contribution in [1.29, 1.82) is 0 Å². The van der Waals surface area contributed by atoms with Gasteiger partial charge in [0.15, 0.2) is 0 Å². The molecule has 2 aliphatic rings. The molecular weight excluding hydrogens is 346 g/mol. The van der Waals surface area contributed by atoms with E-state index in [9.17, 15) is 4.79 Å². The van der Waals surface area contributed by atoms with Gasteiger partial charge >= 0.3 is 0 Å². The van der Waals surface area contributed by atoms with Crippen LogP contribution in [0.25, 0.3) is 0 Å². The van der Waals surface area contributed by atoms with Gasteiger partial charge in [0.2, 0.25) is 17.7 Å². The molecule has 2 aliphatic heterocycles. The van der Waals surface area contributed by atoms with Crippen molar-refractivity contribution >= 4 is 17.7 Å². The number of rotatable bonds is 4. The number of fused-ring (bicyclic) bond motifs is 1. The Hall–Kier alpha value is -2.87. The topological polar surface area (TPSA) is 93.8 Å². The molecule has 8 nitrogen and oxygen atoms in total. The monoisotopic (exact) mass is 369 g/mol. The Balaban J connectivity index is 1.58. The summed E-state index contributed by atoms with van der Waals surface area (Å²) in [6.07, 6.45) is 0.344. The van der Waals surface area contributed by atoms with E-state index in [4.69, 9.17) is 15.2 Å². The summed E-state index contributed by atoms with van der Waals surface area (Å²) in [6.45, 7) is 2.29. The Morgan fingerprint density at radius 2 is 2.07 bits per heavy atom. The van der Waals surface area contributed by atoms with Crippen LogP contribution in [-0.2, 0) is 16.1 Å². The van der Waals surface area contributed by atoms with Crippen molar-refractivity contribution in [2.45, 2.75) is 25.1 Å². The molecule has 1 aromatic heterocycles. The normalized spacial score (nSPS) is 22.5. The number of methoxy groups -OCH3 is 1. The fraction of sp³-hybridized carbons (Fsp3) is 0.421. The molecule has 27 heavy (non-hydrogen) atoms. The Morgan fingerprint density at radius 1 is 1.26 bits per heavy atom. The van der Waals surface area contributed by atoms with Gasteiger partial charge in [-0.15, -0.1) is 0 Å². The van der Waals surface area contributed by atoms with Crippen molar-refractivity contribution in [2.75, 3.05) is 37.4 Å². The Morgan fingerprint density at radius 3 is 2.85 bits per heavy atom. The Bertz CT molecular complexity index is 816. The minimum Gasteiger partial charge on any atom is -0.481 e. The van der Waals surface area contributed by atoms with Crippen LogP contribution in [0.1, 0.15) is 12.0 Å². The molecule has 0 aliphatic carbocycles. The lowest BCUT2D eigenvalue weighted by Crippen LogP contribution is -2.45. The summed E-state index contributed by atoms with van der Waals surface area (Å²) in [6, 6.07) is 11.7. The van der Waals surface area contributed by atoms with E-state index in [2.05, 4.69) is 14.9 Å². The third-order valence-corrected chi connectivity index (χ3v) is 5.04. The summed E-state index contributed by atoms with van der Waals surface area (Å²) < 4.78 is 11.2. The first-order valence-electron chi connectivity index (χ1n) is 9.02. The number of hydrogen-bond donors (Lipinski definition) is 1. The lowest BCUT2D eigenvalue weighted by molar-refractivity contribution is -0.133. The van der Waals surface area contributed by atoms with E-state index in [0.717, 1.165) is 5.56 Å². The molecule has 2 fully saturated rings. The molecule has 8 heteroatoms. The molecule has 0 bridgehead atoms. The molecule has 1 amide bonds. The number of benzene rings is 1. The molecule has 2 saturated heterocycles. The molecule has 4 rings (SSSR count). The number of nitrogens with zero attached hydrogens (tertiary/aromatic N) is 4. The van der Waals surface area contributed by atoms with Crippen LogP contribution in [0.3, 0.4) is 0 Å². The van der Waals surface area contributed by atoms with Gasteiger partial charge in [-0.3, -0.25) is 4.79 Å². The van der Waals surface area contributed by atoms with Crippen molar-refractivity contribution in [1.82, 2.24) is 14.9 Å². The number of anilines is 2. The lowest BCUT2D eigenvalue weighted by Gasteiger charge is -2.29. The molecule has 2 aromatic rings. The van der Waals surface area contributed by atoms with Gasteiger partial charge in [0.1, 0.15) is 5.82 Å². The molecule has 0 unspecified atom stereocenters. The standard InChI is InChI=1S/C19H23N5O3/c1-26-17-9-16(21-19(20)22-17)23-11-14-15(12-23)27-8-7-18(25)24(14)10-13-5-3-2-4-6-13/h2-6,9,14-15H,7-8,10-12H2,1H3,(H2,20,21,22)/t14-,15-/m0/s1. The number of hydrogen-bond acceptors (Lipinski definition) is 7. The summed E-state index contributed by atoms with van der Waals surface area (Å²) in [4.78, 5) is 25.1. The minimum atomic E-state index is -0.0673. The zero-order valence-corrected chi connectivity index (χ0v) is 15.2. The summed E-state index contributed by atoms with van der Waals surface area (Å²) >= 11 is 0. The maximum Gasteiger partial charge on any atom is 0.225 e. The fourth-order valence-electron chi connectivity index (χ4n) is 3.72. The van der Waals surface area contributed by atoms with Crippen LogP contribution in [0.15, 0.2) is 36.4 Å². The van der Waals surface area contributed by atoms with Gasteiger partial charge < -0.3 is 25.0 Å². The quantitative estimate of drug-likeness (QED) is 0.862. The molecule has 0 spiro atoms. The highest BCUT2D eigenvalue weighted by molar-refractivity contribution is 5.77. The number of aromatic nitrogens is 2. The van der Waals surface area contributed by atoms with Gasteiger partial charge in [-0.25, -0.2) is 0 Å². The van der Waals surface area contributed by atoms with Crippen LogP contribution in [-0.4, -0.2) is 59.7 Å². The highest BCUT2D eigenvalue weighted by Crippen LogP contribution is 2.29. The molecule has 2 N–H and O–H groups in total. The maximum absolute atomic E-state index is 12.7. The van der Waals surface area contributed by atoms with E-state index in [1.165, 1.54) is 0 Å². The van der Waals surface area contributed by atoms with E-state index < -0.39 is 0 Å². The summed E-state index contributed by atoms with van der Waals surface area (Å²) in [5.41, 5.74) is 6.91. The van der Waals surface area contributed by atoms with Gasteiger partial charge in [-0.2, -0.15) is 9.97 Å². The number of nitrogen functional groups attached to an aromatic ring is 1. The molecule has 0 radical (unpaired) electrons. The average molecular weight is 369 g/mol. The SMILES string of the molecule is COc1cc(N2C[C@@H]3OCCC(=O)N(Cc4ccccc4)[C@H]3C2)nc(N)n1. The van der Waals surface area contributed by atoms with Gasteiger partial charge in [-0.05, 0) is 5.56 Å². The number of carbonyl (C=O) groups excluding carboxylic acids is 1. The number of amides is 1. The van der Waals surface area contributed by atoms with Crippen molar-refractivity contribution in [3.05, 3.63) is 42.0 Å². The number of nitrogens with two attached hydrogens (primary N) is 1. The Kier molecular flexibility index (Phi) is 4.81. The summed E-state index contributed by atoms with van der Waals surface area (Å²) in [7, 11) is 1.54. The summed E-state index contributed by atoms with van der Waals surface area (Å²) in [5.74, 6) is 1.38. The van der Waals surface area contributed by atoms with Crippen molar-refractivity contribution in [3.63, 3.8) is 0 Å². The highest BCUT2D eigenvalue weighted by Gasteiger charge is 2.42. The first-order valence-corrected chi connectivity index (χ1v) is 9.02. The van der Waals surface area contributed by atoms with Crippen LogP contribution >= 0.6 is 0 Å². The summed E-state index contributed by atoms with van der Waals surface area (Å²) in [5, 5.41) is 0. The third kappa shape index (κ3) is 3.66. The molecule has 1 aromatic carbocycles. The van der Waals surface area contributed by atoms with Crippen LogP contribution in [0.4, 0.5) is 11.8 Å². The fourth-order valence-corrected chi connectivity index (χ4v) is 3.72. The van der Waals surface area contributed by atoms with Gasteiger partial charge in [-0.1, -0.05) is 30.3 Å². The van der Waals surface area contributed by atoms with Gasteiger partial charge in [0.25, 0.3) is 0 Å². The van der Waals surface area contributed by atoms with E-state index in [0.29, 0.717) is 44.4 Å². The lowest BCUT2D eigenvalue weighted by atomic mass is 10.1. The molecule has 3 heterocycles. The predicted octanol–water partition coefficient (Wildman–Crippen LogP) is 1.07. The van der Waals surface area contributed by atoms with Crippen molar-refractivity contribution < 1.29 is 14.3 Å². The maximum atomic E-state index is 12.7. The van der Waals surface area contributed by atoms with E-state index >= 15 is 0 Å². The van der Waals surface area contributed by atoms with Gasteiger partial charge in [0, 0.05) is 25.7 Å². The second-order valence-electron chi connectivity index (χ2n) is 6.77. The number of ether oxygens (including phenoxy) is 2. The first-order chi connectivity index (χ1) is 13.1.